The number of imide groups is 1. The van der Waals surface area contributed by atoms with Crippen molar-refractivity contribution in [1.82, 2.24) is 10.2 Å². The number of nitrogens with one attached hydrogen (secondary N) is 3. The second-order valence-corrected chi connectivity index (χ2v) is 7.12. The number of anilines is 2. The normalized spacial score (nSPS) is 16.8. The number of rotatable bonds is 6. The van der Waals surface area contributed by atoms with Crippen molar-refractivity contribution in [1.29, 1.82) is 0 Å². The zero-order valence-electron chi connectivity index (χ0n) is 16.6. The molecule has 0 aliphatic carbocycles. The summed E-state index contributed by atoms with van der Waals surface area (Å²) < 4.78 is 10.6. The van der Waals surface area contributed by atoms with Crippen LogP contribution in [0.2, 0.25) is 0 Å². The molecule has 0 bridgehead atoms. The summed E-state index contributed by atoms with van der Waals surface area (Å²) in [6.07, 6.45) is -0.199. The fourth-order valence-corrected chi connectivity index (χ4v) is 3.32. The van der Waals surface area contributed by atoms with Gasteiger partial charge in [0.1, 0.15) is 6.04 Å². The molecule has 31 heavy (non-hydrogen) atoms. The molecule has 1 atom stereocenters. The highest BCUT2D eigenvalue weighted by molar-refractivity contribution is 6.06. The Morgan fingerprint density at radius 2 is 1.71 bits per heavy atom. The Labute approximate surface area is 177 Å². The quantitative estimate of drug-likeness (QED) is 0.608. The SMILES string of the molecule is CC(=O)Nc1ccc(NC(=O)CC2NC(=O)N(Cc3ccc4c(c3)OCO4)C2=O)cc1. The Kier molecular flexibility index (Phi) is 5.44. The maximum absolute atomic E-state index is 12.7. The molecule has 2 aromatic carbocycles. The van der Waals surface area contributed by atoms with Gasteiger partial charge in [-0.05, 0) is 42.0 Å². The number of fused-ring (bicyclic) bond motifs is 1. The Morgan fingerprint density at radius 3 is 2.42 bits per heavy atom. The summed E-state index contributed by atoms with van der Waals surface area (Å²) in [4.78, 5) is 49.4. The number of hydrogen-bond acceptors (Lipinski definition) is 6. The number of carbonyl (C=O) groups excluding carboxylic acids is 4. The van der Waals surface area contributed by atoms with E-state index in [1.807, 2.05) is 0 Å². The molecule has 1 saturated heterocycles. The van der Waals surface area contributed by atoms with Gasteiger partial charge in [-0.1, -0.05) is 6.07 Å². The number of nitrogens with zero attached hydrogens (tertiary/aromatic N) is 1. The molecule has 3 N–H and O–H groups in total. The first-order chi connectivity index (χ1) is 14.9. The van der Waals surface area contributed by atoms with E-state index in [-0.39, 0.29) is 25.7 Å². The van der Waals surface area contributed by atoms with Crippen LogP contribution < -0.4 is 25.4 Å². The molecule has 2 aliphatic rings. The van der Waals surface area contributed by atoms with Crippen LogP contribution in [0.25, 0.3) is 0 Å². The van der Waals surface area contributed by atoms with E-state index in [4.69, 9.17) is 9.47 Å². The van der Waals surface area contributed by atoms with Crippen LogP contribution in [0.15, 0.2) is 42.5 Å². The second kappa shape index (κ2) is 8.34. The smallest absolute Gasteiger partial charge is 0.325 e. The summed E-state index contributed by atoms with van der Waals surface area (Å²) in [6.45, 7) is 1.59. The topological polar surface area (TPSA) is 126 Å². The Balaban J connectivity index is 1.34. The third-order valence-electron chi connectivity index (χ3n) is 4.76. The highest BCUT2D eigenvalue weighted by Gasteiger charge is 2.39. The molecule has 160 valence electrons. The minimum absolute atomic E-state index is 0.0596. The van der Waals surface area contributed by atoms with Gasteiger partial charge in [0.25, 0.3) is 5.91 Å². The fourth-order valence-electron chi connectivity index (χ4n) is 3.32. The van der Waals surface area contributed by atoms with Gasteiger partial charge in [-0.2, -0.15) is 0 Å². The van der Waals surface area contributed by atoms with E-state index in [1.54, 1.807) is 42.5 Å². The number of hydrogen-bond donors (Lipinski definition) is 3. The van der Waals surface area contributed by atoms with Crippen LogP contribution >= 0.6 is 0 Å². The highest BCUT2D eigenvalue weighted by atomic mass is 16.7. The number of carbonyl (C=O) groups is 4. The van der Waals surface area contributed by atoms with Gasteiger partial charge < -0.3 is 25.4 Å². The first-order valence-corrected chi connectivity index (χ1v) is 9.57. The van der Waals surface area contributed by atoms with Crippen LogP contribution in [-0.4, -0.2) is 41.5 Å². The molecule has 2 heterocycles. The van der Waals surface area contributed by atoms with E-state index in [9.17, 15) is 19.2 Å². The van der Waals surface area contributed by atoms with E-state index in [2.05, 4.69) is 16.0 Å². The molecule has 0 spiro atoms. The number of ether oxygens (including phenoxy) is 2. The lowest BCUT2D eigenvalue weighted by Crippen LogP contribution is -2.34. The molecule has 10 nitrogen and oxygen atoms in total. The highest BCUT2D eigenvalue weighted by Crippen LogP contribution is 2.33. The number of benzene rings is 2. The first kappa shape index (κ1) is 20.2. The zero-order chi connectivity index (χ0) is 22.0. The number of urea groups is 1. The molecule has 4 rings (SSSR count). The van der Waals surface area contributed by atoms with E-state index < -0.39 is 23.9 Å². The molecule has 2 aliphatic heterocycles. The van der Waals surface area contributed by atoms with E-state index in [1.165, 1.54) is 6.92 Å². The molecule has 0 saturated carbocycles. The minimum Gasteiger partial charge on any atom is -0.454 e. The third-order valence-corrected chi connectivity index (χ3v) is 4.76. The lowest BCUT2D eigenvalue weighted by molar-refractivity contribution is -0.130. The fraction of sp³-hybridized carbons (Fsp3) is 0.238. The summed E-state index contributed by atoms with van der Waals surface area (Å²) >= 11 is 0. The average Bonchev–Trinajstić information content (AvgIpc) is 3.29. The van der Waals surface area contributed by atoms with Gasteiger partial charge in [-0.3, -0.25) is 19.3 Å². The molecule has 1 unspecified atom stereocenters. The summed E-state index contributed by atoms with van der Waals surface area (Å²) in [7, 11) is 0. The predicted molar refractivity (Wildman–Crippen MR) is 109 cm³/mol. The van der Waals surface area contributed by atoms with Crippen molar-refractivity contribution >= 4 is 35.1 Å². The maximum atomic E-state index is 12.7. The van der Waals surface area contributed by atoms with Gasteiger partial charge in [0.05, 0.1) is 13.0 Å². The van der Waals surface area contributed by atoms with Crippen LogP contribution in [0, 0.1) is 0 Å². The molecular formula is C21H20N4O6. The Hall–Kier alpha value is -4.08. The Bertz CT molecular complexity index is 1050. The summed E-state index contributed by atoms with van der Waals surface area (Å²) in [6, 6.07) is 10.2. The molecule has 2 aromatic rings. The van der Waals surface area contributed by atoms with Crippen LogP contribution in [0.1, 0.15) is 18.9 Å². The second-order valence-electron chi connectivity index (χ2n) is 7.12. The van der Waals surface area contributed by atoms with Gasteiger partial charge in [0.15, 0.2) is 11.5 Å². The minimum atomic E-state index is -0.944. The van der Waals surface area contributed by atoms with Crippen LogP contribution in [0.3, 0.4) is 0 Å². The predicted octanol–water partition coefficient (Wildman–Crippen LogP) is 1.82. The average molecular weight is 424 g/mol. The molecule has 5 amide bonds. The first-order valence-electron chi connectivity index (χ1n) is 9.57. The lowest BCUT2D eigenvalue weighted by Gasteiger charge is -2.13. The van der Waals surface area contributed by atoms with Crippen LogP contribution in [0.4, 0.5) is 16.2 Å². The maximum Gasteiger partial charge on any atom is 0.325 e. The van der Waals surface area contributed by atoms with Crippen molar-refractivity contribution in [2.24, 2.45) is 0 Å². The van der Waals surface area contributed by atoms with Gasteiger partial charge in [0, 0.05) is 18.3 Å². The Morgan fingerprint density at radius 1 is 1.03 bits per heavy atom. The largest absolute Gasteiger partial charge is 0.454 e. The van der Waals surface area contributed by atoms with E-state index in [0.717, 1.165) is 4.90 Å². The van der Waals surface area contributed by atoms with Crippen LogP contribution in [-0.2, 0) is 20.9 Å². The summed E-state index contributed by atoms with van der Waals surface area (Å²) in [5.74, 6) is 0.0814. The molecule has 0 radical (unpaired) electrons. The standard InChI is InChI=1S/C21H20N4O6/c1-12(26)22-14-3-5-15(6-4-14)23-19(27)9-16-20(28)25(21(29)24-16)10-13-2-7-17-18(8-13)31-11-30-17/h2-8,16H,9-11H2,1H3,(H,22,26)(H,23,27)(H,24,29). The molecule has 10 heteroatoms. The van der Waals surface area contributed by atoms with Crippen molar-refractivity contribution in [2.45, 2.75) is 25.9 Å². The van der Waals surface area contributed by atoms with Crippen molar-refractivity contribution in [2.75, 3.05) is 17.4 Å². The van der Waals surface area contributed by atoms with Gasteiger partial charge in [-0.15, -0.1) is 0 Å². The zero-order valence-corrected chi connectivity index (χ0v) is 16.6. The molecule has 1 fully saturated rings. The molecular weight excluding hydrogens is 404 g/mol. The van der Waals surface area contributed by atoms with Crippen molar-refractivity contribution in [3.8, 4) is 11.5 Å². The van der Waals surface area contributed by atoms with Crippen molar-refractivity contribution in [3.05, 3.63) is 48.0 Å². The number of amides is 5. The monoisotopic (exact) mass is 424 g/mol. The third kappa shape index (κ3) is 4.58. The van der Waals surface area contributed by atoms with Crippen molar-refractivity contribution < 1.29 is 28.7 Å². The summed E-state index contributed by atoms with van der Waals surface area (Å²) in [5, 5.41) is 7.85. The van der Waals surface area contributed by atoms with E-state index >= 15 is 0 Å². The van der Waals surface area contributed by atoms with Gasteiger partial charge in [0.2, 0.25) is 18.6 Å². The van der Waals surface area contributed by atoms with E-state index in [0.29, 0.717) is 28.4 Å². The molecule has 0 aromatic heterocycles. The summed E-state index contributed by atoms with van der Waals surface area (Å²) in [5.41, 5.74) is 1.81. The van der Waals surface area contributed by atoms with Gasteiger partial charge >= 0.3 is 6.03 Å². The lowest BCUT2D eigenvalue weighted by atomic mass is 10.1. The van der Waals surface area contributed by atoms with Crippen LogP contribution in [0.5, 0.6) is 11.5 Å². The van der Waals surface area contributed by atoms with Gasteiger partial charge in [-0.25, -0.2) is 4.79 Å². The van der Waals surface area contributed by atoms with Crippen molar-refractivity contribution in [3.63, 3.8) is 0 Å².